The number of hydrogen-bond donors (Lipinski definition) is 2. The van der Waals surface area contributed by atoms with Crippen LogP contribution in [0.3, 0.4) is 0 Å². The summed E-state index contributed by atoms with van der Waals surface area (Å²) in [6, 6.07) is 0. The van der Waals surface area contributed by atoms with E-state index in [1.165, 1.54) is 0 Å². The molecular weight excluding hydrogens is 176 g/mol. The number of hydrogen-bond acceptors (Lipinski definition) is 2. The Bertz CT molecular complexity index is 202. The highest BCUT2D eigenvalue weighted by molar-refractivity contribution is 5.03. The van der Waals surface area contributed by atoms with Crippen molar-refractivity contribution in [3.05, 3.63) is 12.2 Å². The Morgan fingerprint density at radius 3 is 1.93 bits per heavy atom. The summed E-state index contributed by atoms with van der Waals surface area (Å²) in [7, 11) is 0. The lowest BCUT2D eigenvalue weighted by Gasteiger charge is -2.40. The lowest BCUT2D eigenvalue weighted by molar-refractivity contribution is -0.139. The molecule has 0 heterocycles. The minimum Gasteiger partial charge on any atom is -0.387 e. The van der Waals surface area contributed by atoms with Gasteiger partial charge in [0, 0.05) is 0 Å². The van der Waals surface area contributed by atoms with E-state index in [4.69, 9.17) is 0 Å². The fourth-order valence-electron chi connectivity index (χ4n) is 1.79. The molecule has 0 aromatic rings. The van der Waals surface area contributed by atoms with E-state index in [9.17, 15) is 10.2 Å². The maximum Gasteiger partial charge on any atom is 0.0939 e. The lowest BCUT2D eigenvalue weighted by atomic mass is 9.77. The Balaban J connectivity index is 4.59. The van der Waals surface area contributed by atoms with Crippen molar-refractivity contribution in [1.82, 2.24) is 0 Å². The molecular formula is C12H24O2. The molecule has 0 amide bonds. The molecule has 0 aromatic heterocycles. The van der Waals surface area contributed by atoms with Gasteiger partial charge in [0.2, 0.25) is 0 Å². The Hall–Kier alpha value is -0.340. The van der Waals surface area contributed by atoms with E-state index >= 15 is 0 Å². The Morgan fingerprint density at radius 2 is 1.64 bits per heavy atom. The lowest BCUT2D eigenvalue weighted by Crippen LogP contribution is -2.50. The van der Waals surface area contributed by atoms with Crippen molar-refractivity contribution in [1.29, 1.82) is 0 Å². The van der Waals surface area contributed by atoms with Crippen molar-refractivity contribution in [3.8, 4) is 0 Å². The van der Waals surface area contributed by atoms with Gasteiger partial charge >= 0.3 is 0 Å². The predicted molar refractivity (Wildman–Crippen MR) is 60.1 cm³/mol. The van der Waals surface area contributed by atoms with Gasteiger partial charge in [-0.25, -0.2) is 0 Å². The molecule has 0 spiro atoms. The third kappa shape index (κ3) is 3.81. The summed E-state index contributed by atoms with van der Waals surface area (Å²) in [4.78, 5) is 0. The zero-order valence-corrected chi connectivity index (χ0v) is 10.1. The molecule has 0 bridgehead atoms. The number of aliphatic hydroxyl groups is 2. The predicted octanol–water partition coefficient (Wildman–Crippen LogP) is 2.50. The van der Waals surface area contributed by atoms with Crippen LogP contribution in [0.1, 0.15) is 47.5 Å². The molecule has 0 aliphatic rings. The summed E-state index contributed by atoms with van der Waals surface area (Å²) in [5.41, 5.74) is -1.26. The topological polar surface area (TPSA) is 40.5 Å². The quantitative estimate of drug-likeness (QED) is 0.669. The van der Waals surface area contributed by atoms with Gasteiger partial charge in [-0.2, -0.15) is 0 Å². The van der Waals surface area contributed by atoms with Crippen LogP contribution >= 0.6 is 0 Å². The molecule has 2 nitrogen and oxygen atoms in total. The molecule has 0 rings (SSSR count). The normalized spacial score (nSPS) is 20.3. The number of rotatable bonds is 5. The van der Waals surface area contributed by atoms with Gasteiger partial charge in [-0.15, -0.1) is 6.58 Å². The van der Waals surface area contributed by atoms with Crippen molar-refractivity contribution >= 4 is 0 Å². The molecule has 2 N–H and O–H groups in total. The van der Waals surface area contributed by atoms with Crippen LogP contribution in [0.25, 0.3) is 0 Å². The van der Waals surface area contributed by atoms with Gasteiger partial charge in [0.15, 0.2) is 0 Å². The van der Waals surface area contributed by atoms with Crippen molar-refractivity contribution in [2.75, 3.05) is 0 Å². The van der Waals surface area contributed by atoms with Crippen LogP contribution in [-0.4, -0.2) is 21.4 Å². The molecule has 0 fully saturated rings. The highest BCUT2D eigenvalue weighted by atomic mass is 16.4. The Labute approximate surface area is 87.7 Å². The van der Waals surface area contributed by atoms with E-state index < -0.39 is 11.2 Å². The van der Waals surface area contributed by atoms with Gasteiger partial charge in [0.1, 0.15) is 0 Å². The molecule has 0 aromatic carbocycles. The van der Waals surface area contributed by atoms with Crippen molar-refractivity contribution in [2.45, 2.75) is 58.7 Å². The molecule has 2 unspecified atom stereocenters. The molecule has 84 valence electrons. The van der Waals surface area contributed by atoms with Crippen molar-refractivity contribution < 1.29 is 10.2 Å². The van der Waals surface area contributed by atoms with E-state index in [-0.39, 0.29) is 0 Å². The van der Waals surface area contributed by atoms with Gasteiger partial charge in [-0.05, 0) is 39.5 Å². The molecule has 0 saturated heterocycles. The van der Waals surface area contributed by atoms with Crippen molar-refractivity contribution in [2.24, 2.45) is 5.92 Å². The van der Waals surface area contributed by atoms with Gasteiger partial charge < -0.3 is 10.2 Å². The second kappa shape index (κ2) is 4.45. The first-order valence-corrected chi connectivity index (χ1v) is 5.17. The maximum atomic E-state index is 10.2. The minimum atomic E-state index is -1.09. The SMILES string of the molecule is C=C(C)CC(C)(O)C(C)(O)CC(C)C. The van der Waals surface area contributed by atoms with Gasteiger partial charge in [0.25, 0.3) is 0 Å². The largest absolute Gasteiger partial charge is 0.387 e. The first-order chi connectivity index (χ1) is 6.08. The second-order valence-corrected chi connectivity index (χ2v) is 5.28. The van der Waals surface area contributed by atoms with Crippen LogP contribution in [0.2, 0.25) is 0 Å². The van der Waals surface area contributed by atoms with Gasteiger partial charge in [0.05, 0.1) is 11.2 Å². The van der Waals surface area contributed by atoms with Crippen LogP contribution in [0.5, 0.6) is 0 Å². The summed E-state index contributed by atoms with van der Waals surface area (Å²) < 4.78 is 0. The molecule has 0 aliphatic carbocycles. The first-order valence-electron chi connectivity index (χ1n) is 5.17. The highest BCUT2D eigenvalue weighted by Crippen LogP contribution is 2.32. The van der Waals surface area contributed by atoms with Crippen LogP contribution in [0.4, 0.5) is 0 Å². The second-order valence-electron chi connectivity index (χ2n) is 5.28. The van der Waals surface area contributed by atoms with Crippen LogP contribution in [-0.2, 0) is 0 Å². The zero-order chi connectivity index (χ0) is 11.6. The van der Waals surface area contributed by atoms with E-state index in [2.05, 4.69) is 6.58 Å². The molecule has 0 radical (unpaired) electrons. The summed E-state index contributed by atoms with van der Waals surface area (Å²) >= 11 is 0. The molecule has 2 heteroatoms. The van der Waals surface area contributed by atoms with E-state index in [1.54, 1.807) is 13.8 Å². The van der Waals surface area contributed by atoms with Gasteiger partial charge in [-0.3, -0.25) is 0 Å². The smallest absolute Gasteiger partial charge is 0.0939 e. The van der Waals surface area contributed by atoms with E-state index in [0.29, 0.717) is 18.8 Å². The summed E-state index contributed by atoms with van der Waals surface area (Å²) in [5, 5.41) is 20.3. The molecule has 2 atom stereocenters. The van der Waals surface area contributed by atoms with E-state index in [1.807, 2.05) is 20.8 Å². The summed E-state index contributed by atoms with van der Waals surface area (Å²) in [5.74, 6) is 0.363. The highest BCUT2D eigenvalue weighted by Gasteiger charge is 2.41. The average Bonchev–Trinajstić information content (AvgIpc) is 1.78. The van der Waals surface area contributed by atoms with Crippen molar-refractivity contribution in [3.63, 3.8) is 0 Å². The molecule has 0 saturated carbocycles. The summed E-state index contributed by atoms with van der Waals surface area (Å²) in [6.07, 6.45) is 1.03. The summed E-state index contributed by atoms with van der Waals surface area (Å²) in [6.45, 7) is 13.1. The third-order valence-electron chi connectivity index (χ3n) is 2.61. The van der Waals surface area contributed by atoms with Crippen LogP contribution in [0, 0.1) is 5.92 Å². The minimum absolute atomic E-state index is 0.363. The Kier molecular flexibility index (Phi) is 4.34. The monoisotopic (exact) mass is 200 g/mol. The fourth-order valence-corrected chi connectivity index (χ4v) is 1.79. The third-order valence-corrected chi connectivity index (χ3v) is 2.61. The Morgan fingerprint density at radius 1 is 1.21 bits per heavy atom. The van der Waals surface area contributed by atoms with E-state index in [0.717, 1.165) is 5.57 Å². The average molecular weight is 200 g/mol. The zero-order valence-electron chi connectivity index (χ0n) is 10.1. The maximum absolute atomic E-state index is 10.2. The first kappa shape index (κ1) is 13.7. The van der Waals surface area contributed by atoms with Crippen LogP contribution < -0.4 is 0 Å². The van der Waals surface area contributed by atoms with Crippen LogP contribution in [0.15, 0.2) is 12.2 Å². The standard InChI is InChI=1S/C12H24O2/c1-9(2)7-11(5,13)12(6,14)8-10(3)4/h10,13-14H,1,7-8H2,2-6H3. The fraction of sp³-hybridized carbons (Fsp3) is 0.833. The molecule has 14 heavy (non-hydrogen) atoms. The van der Waals surface area contributed by atoms with Gasteiger partial charge in [-0.1, -0.05) is 19.4 Å². The molecule has 0 aliphatic heterocycles.